The monoisotopic (exact) mass is 307 g/mol. The zero-order chi connectivity index (χ0) is 14.2. The zero-order valence-electron chi connectivity index (χ0n) is 10.2. The van der Waals surface area contributed by atoms with Gasteiger partial charge in [-0.15, -0.1) is 0 Å². The number of rotatable bonds is 3. The Kier molecular flexibility index (Phi) is 3.11. The van der Waals surface area contributed by atoms with Crippen LogP contribution in [0.1, 0.15) is 0 Å². The summed E-state index contributed by atoms with van der Waals surface area (Å²) in [4.78, 5) is 7.17. The SMILES string of the molecule is O=S(=O)(Nc1ccc2nc[nH]c2c1)c1ccc(Cl)cc1. The average Bonchev–Trinajstić information content (AvgIpc) is 2.86. The minimum Gasteiger partial charge on any atom is -0.345 e. The average molecular weight is 308 g/mol. The first kappa shape index (κ1) is 13.0. The van der Waals surface area contributed by atoms with Gasteiger partial charge in [0, 0.05) is 5.02 Å². The van der Waals surface area contributed by atoms with E-state index in [1.54, 1.807) is 24.5 Å². The maximum absolute atomic E-state index is 12.2. The van der Waals surface area contributed by atoms with Gasteiger partial charge >= 0.3 is 0 Å². The highest BCUT2D eigenvalue weighted by Gasteiger charge is 2.14. The fourth-order valence-corrected chi connectivity index (χ4v) is 3.00. The van der Waals surface area contributed by atoms with E-state index < -0.39 is 10.0 Å². The lowest BCUT2D eigenvalue weighted by Gasteiger charge is -2.08. The van der Waals surface area contributed by atoms with Crippen LogP contribution in [-0.4, -0.2) is 18.4 Å². The molecule has 0 spiro atoms. The second kappa shape index (κ2) is 4.81. The summed E-state index contributed by atoms with van der Waals surface area (Å²) in [5, 5.41) is 0.489. The van der Waals surface area contributed by atoms with E-state index in [1.165, 1.54) is 24.3 Å². The van der Waals surface area contributed by atoms with Crippen LogP contribution in [0.25, 0.3) is 11.0 Å². The molecule has 0 fully saturated rings. The zero-order valence-corrected chi connectivity index (χ0v) is 11.7. The van der Waals surface area contributed by atoms with Crippen molar-refractivity contribution in [1.82, 2.24) is 9.97 Å². The Morgan fingerprint density at radius 2 is 1.85 bits per heavy atom. The number of hydrogen-bond acceptors (Lipinski definition) is 3. The van der Waals surface area contributed by atoms with E-state index in [4.69, 9.17) is 11.6 Å². The van der Waals surface area contributed by atoms with Crippen molar-refractivity contribution >= 4 is 38.3 Å². The van der Waals surface area contributed by atoms with Crippen molar-refractivity contribution in [2.24, 2.45) is 0 Å². The standard InChI is InChI=1S/C13H10ClN3O2S/c14-9-1-4-11(5-2-9)20(18,19)17-10-3-6-12-13(7-10)16-8-15-12/h1-8,17H,(H,15,16). The van der Waals surface area contributed by atoms with Crippen LogP contribution in [0, 0.1) is 0 Å². The second-order valence-corrected chi connectivity index (χ2v) is 6.31. The molecule has 7 heteroatoms. The van der Waals surface area contributed by atoms with Crippen molar-refractivity contribution in [1.29, 1.82) is 0 Å². The fraction of sp³-hybridized carbons (Fsp3) is 0. The molecule has 20 heavy (non-hydrogen) atoms. The van der Waals surface area contributed by atoms with Crippen LogP contribution in [0.2, 0.25) is 5.02 Å². The normalized spacial score (nSPS) is 11.7. The van der Waals surface area contributed by atoms with Crippen molar-refractivity contribution in [2.75, 3.05) is 4.72 Å². The molecule has 1 aromatic heterocycles. The maximum Gasteiger partial charge on any atom is 0.261 e. The molecule has 3 rings (SSSR count). The van der Waals surface area contributed by atoms with Gasteiger partial charge in [0.2, 0.25) is 0 Å². The third-order valence-corrected chi connectivity index (χ3v) is 4.45. The number of aromatic nitrogens is 2. The molecular weight excluding hydrogens is 298 g/mol. The van der Waals surface area contributed by atoms with Crippen molar-refractivity contribution in [3.8, 4) is 0 Å². The third kappa shape index (κ3) is 2.48. The van der Waals surface area contributed by atoms with Crippen molar-refractivity contribution < 1.29 is 8.42 Å². The van der Waals surface area contributed by atoms with Gasteiger partial charge in [0.1, 0.15) is 0 Å². The Balaban J connectivity index is 1.94. The van der Waals surface area contributed by atoms with E-state index in [9.17, 15) is 8.42 Å². The van der Waals surface area contributed by atoms with E-state index in [1.807, 2.05) is 0 Å². The molecular formula is C13H10ClN3O2S. The van der Waals surface area contributed by atoms with Gasteiger partial charge in [-0.3, -0.25) is 4.72 Å². The lowest BCUT2D eigenvalue weighted by Crippen LogP contribution is -2.12. The van der Waals surface area contributed by atoms with E-state index in [0.29, 0.717) is 10.7 Å². The van der Waals surface area contributed by atoms with E-state index in [2.05, 4.69) is 14.7 Å². The first-order chi connectivity index (χ1) is 9.54. The largest absolute Gasteiger partial charge is 0.345 e. The number of nitrogens with one attached hydrogen (secondary N) is 2. The van der Waals surface area contributed by atoms with Crippen LogP contribution in [0.5, 0.6) is 0 Å². The Morgan fingerprint density at radius 1 is 1.10 bits per heavy atom. The predicted octanol–water partition coefficient (Wildman–Crippen LogP) is 3.02. The Morgan fingerprint density at radius 3 is 2.60 bits per heavy atom. The molecule has 0 aliphatic rings. The minimum absolute atomic E-state index is 0.159. The Hall–Kier alpha value is -2.05. The van der Waals surface area contributed by atoms with Gasteiger partial charge in [0.25, 0.3) is 10.0 Å². The number of benzene rings is 2. The molecule has 0 radical (unpaired) electrons. The molecule has 0 aliphatic heterocycles. The summed E-state index contributed by atoms with van der Waals surface area (Å²) in [6.07, 6.45) is 1.56. The lowest BCUT2D eigenvalue weighted by atomic mass is 10.3. The maximum atomic E-state index is 12.2. The highest BCUT2D eigenvalue weighted by atomic mass is 35.5. The summed E-state index contributed by atoms with van der Waals surface area (Å²) in [5.74, 6) is 0. The Labute approximate surface area is 120 Å². The molecule has 2 N–H and O–H groups in total. The predicted molar refractivity (Wildman–Crippen MR) is 78.4 cm³/mol. The fourth-order valence-electron chi connectivity index (χ4n) is 1.83. The van der Waals surface area contributed by atoms with Gasteiger partial charge in [-0.25, -0.2) is 13.4 Å². The number of nitrogens with zero attached hydrogens (tertiary/aromatic N) is 1. The van der Waals surface area contributed by atoms with E-state index >= 15 is 0 Å². The lowest BCUT2D eigenvalue weighted by molar-refractivity contribution is 0.601. The summed E-state index contributed by atoms with van der Waals surface area (Å²) in [6.45, 7) is 0. The Bertz CT molecular complexity index is 857. The van der Waals surface area contributed by atoms with Crippen LogP contribution in [0.3, 0.4) is 0 Å². The number of fused-ring (bicyclic) bond motifs is 1. The van der Waals surface area contributed by atoms with Gasteiger partial charge < -0.3 is 4.98 Å². The van der Waals surface area contributed by atoms with E-state index in [-0.39, 0.29) is 4.90 Å². The minimum atomic E-state index is -3.62. The first-order valence-corrected chi connectivity index (χ1v) is 7.62. The highest BCUT2D eigenvalue weighted by molar-refractivity contribution is 7.92. The number of anilines is 1. The molecule has 0 saturated carbocycles. The summed E-state index contributed by atoms with van der Waals surface area (Å²) < 4.78 is 26.9. The van der Waals surface area contributed by atoms with Crippen LogP contribution < -0.4 is 4.72 Å². The molecule has 0 saturated heterocycles. The van der Waals surface area contributed by atoms with Gasteiger partial charge in [0.15, 0.2) is 0 Å². The quantitative estimate of drug-likeness (QED) is 0.781. The molecule has 3 aromatic rings. The van der Waals surface area contributed by atoms with E-state index in [0.717, 1.165) is 11.0 Å². The molecule has 0 aliphatic carbocycles. The van der Waals surface area contributed by atoms with Crippen molar-refractivity contribution in [2.45, 2.75) is 4.90 Å². The van der Waals surface area contributed by atoms with Gasteiger partial charge in [-0.05, 0) is 42.5 Å². The molecule has 1 heterocycles. The van der Waals surface area contributed by atoms with Gasteiger partial charge in [-0.1, -0.05) is 11.6 Å². The molecule has 0 atom stereocenters. The molecule has 0 bridgehead atoms. The second-order valence-electron chi connectivity index (χ2n) is 4.19. The first-order valence-electron chi connectivity index (χ1n) is 5.76. The van der Waals surface area contributed by atoms with Gasteiger partial charge in [0.05, 0.1) is 27.9 Å². The number of H-pyrrole nitrogens is 1. The molecule has 0 unspecified atom stereocenters. The number of sulfonamides is 1. The molecule has 2 aromatic carbocycles. The summed E-state index contributed by atoms with van der Waals surface area (Å²) >= 11 is 5.75. The van der Waals surface area contributed by atoms with Crippen molar-refractivity contribution in [3.63, 3.8) is 0 Å². The topological polar surface area (TPSA) is 74.8 Å². The number of halogens is 1. The molecule has 102 valence electrons. The van der Waals surface area contributed by atoms with Gasteiger partial charge in [-0.2, -0.15) is 0 Å². The third-order valence-electron chi connectivity index (χ3n) is 2.80. The summed E-state index contributed by atoms with van der Waals surface area (Å²) in [7, 11) is -3.62. The van der Waals surface area contributed by atoms with Crippen LogP contribution in [0.15, 0.2) is 53.7 Å². The van der Waals surface area contributed by atoms with Crippen molar-refractivity contribution in [3.05, 3.63) is 53.8 Å². The van der Waals surface area contributed by atoms with Crippen LogP contribution in [0.4, 0.5) is 5.69 Å². The smallest absolute Gasteiger partial charge is 0.261 e. The summed E-state index contributed by atoms with van der Waals surface area (Å²) in [5.41, 5.74) is 2.01. The van der Waals surface area contributed by atoms with Crippen LogP contribution >= 0.6 is 11.6 Å². The highest BCUT2D eigenvalue weighted by Crippen LogP contribution is 2.20. The molecule has 0 amide bonds. The summed E-state index contributed by atoms with van der Waals surface area (Å²) in [6, 6.07) is 11.1. The number of hydrogen-bond donors (Lipinski definition) is 2. The number of aromatic amines is 1. The van der Waals surface area contributed by atoms with Crippen LogP contribution in [-0.2, 0) is 10.0 Å². The number of imidazole rings is 1. The molecule has 5 nitrogen and oxygen atoms in total.